The molecule has 0 aliphatic heterocycles. The van der Waals surface area contributed by atoms with Gasteiger partial charge in [0, 0.05) is 22.0 Å². The number of carboxylic acids is 1. The first kappa shape index (κ1) is 64.1. The van der Waals surface area contributed by atoms with Gasteiger partial charge in [-0.05, 0) is 214 Å². The van der Waals surface area contributed by atoms with Gasteiger partial charge in [0.05, 0.1) is 20.0 Å². The van der Waals surface area contributed by atoms with E-state index in [-0.39, 0.29) is 28.8 Å². The van der Waals surface area contributed by atoms with Crippen molar-refractivity contribution >= 4 is 20.3 Å². The number of methoxy groups -OCH3 is 1. The summed E-state index contributed by atoms with van der Waals surface area (Å²) in [5.74, 6) is 12.8. The fourth-order valence-electron chi connectivity index (χ4n) is 13.2. The number of carbonyl (C=O) groups is 2. The maximum absolute atomic E-state index is 11.7. The average molecular weight is 1130 g/mol. The van der Waals surface area contributed by atoms with Crippen molar-refractivity contribution in [3.05, 3.63) is 188 Å². The maximum atomic E-state index is 11.7. The van der Waals surface area contributed by atoms with Crippen LogP contribution in [0.4, 0.5) is 0 Å². The number of carboxylic acid groups (broad SMARTS) is 1. The second kappa shape index (κ2) is 28.4. The van der Waals surface area contributed by atoms with Crippen molar-refractivity contribution in [2.45, 2.75) is 213 Å². The van der Waals surface area contributed by atoms with E-state index in [1.807, 2.05) is 36.4 Å². The second-order valence-corrected chi connectivity index (χ2v) is 29.4. The minimum atomic E-state index is -1.73. The molecule has 6 nitrogen and oxygen atoms in total. The number of aliphatic hydroxyl groups is 1. The summed E-state index contributed by atoms with van der Waals surface area (Å²) in [5.41, 5.74) is 17.3. The molecule has 2 saturated carbocycles. The highest BCUT2D eigenvalue weighted by Gasteiger charge is 2.36. The van der Waals surface area contributed by atoms with Crippen molar-refractivity contribution in [3.8, 4) is 45.9 Å². The summed E-state index contributed by atoms with van der Waals surface area (Å²) in [6, 6.07) is 43.4. The Kier molecular flexibility index (Phi) is 21.9. The number of hydrogen-bond donors (Lipinski definition) is 2. The Hall–Kier alpha value is -6.48. The van der Waals surface area contributed by atoms with Crippen molar-refractivity contribution in [3.63, 3.8) is 0 Å². The molecule has 0 unspecified atom stereocenters. The molecule has 438 valence electrons. The van der Waals surface area contributed by atoms with Crippen LogP contribution in [0.15, 0.2) is 121 Å². The third kappa shape index (κ3) is 16.0. The summed E-state index contributed by atoms with van der Waals surface area (Å²) in [7, 11) is -0.305. The molecule has 6 aromatic rings. The summed E-state index contributed by atoms with van der Waals surface area (Å²) in [6.07, 6.45) is 17.4. The van der Waals surface area contributed by atoms with Crippen molar-refractivity contribution in [2.24, 2.45) is 0 Å². The fourth-order valence-corrected chi connectivity index (χ4v) is 14.6. The van der Waals surface area contributed by atoms with E-state index in [0.717, 1.165) is 103 Å². The van der Waals surface area contributed by atoms with Gasteiger partial charge in [0.1, 0.15) is 11.2 Å². The Labute approximate surface area is 500 Å². The van der Waals surface area contributed by atoms with Crippen LogP contribution in [0, 0.1) is 51.4 Å². The number of benzene rings is 6. The molecule has 8 rings (SSSR count). The SMILES string of the molecule is CCC(CC)(c1ccc(C#CC2(O)CCCCCC2)c(C)c1)c1ccc(-c2ccc(CC(=O)O)cc2)c(C)c1.CCC(CC)(c1ccc(C#CC2(O[Si](C)(C)C)CCCCCC2)c(C)c1)c1ccc(-c2ccc(CC(=O)OC)cc2)c(C)c1. The molecule has 2 fully saturated rings. The van der Waals surface area contributed by atoms with Crippen LogP contribution in [0.5, 0.6) is 0 Å². The lowest BCUT2D eigenvalue weighted by Gasteiger charge is -2.35. The molecule has 2 N–H and O–H groups in total. The van der Waals surface area contributed by atoms with E-state index in [2.05, 4.69) is 184 Å². The first-order valence-corrected chi connectivity index (χ1v) is 34.5. The summed E-state index contributed by atoms with van der Waals surface area (Å²) < 4.78 is 11.6. The number of carbonyl (C=O) groups excluding carboxylic acids is 1. The summed E-state index contributed by atoms with van der Waals surface area (Å²) in [4.78, 5) is 22.7. The maximum Gasteiger partial charge on any atom is 0.309 e. The van der Waals surface area contributed by atoms with Crippen molar-refractivity contribution in [1.29, 1.82) is 0 Å². The zero-order chi connectivity index (χ0) is 60.0. The average Bonchev–Trinajstić information content (AvgIpc) is 4.03. The molecule has 0 atom stereocenters. The lowest BCUT2D eigenvalue weighted by Crippen LogP contribution is -2.41. The summed E-state index contributed by atoms with van der Waals surface area (Å²) >= 11 is 0. The third-order valence-corrected chi connectivity index (χ3v) is 19.2. The van der Waals surface area contributed by atoms with Crippen LogP contribution in [0.1, 0.15) is 197 Å². The number of esters is 1. The second-order valence-electron chi connectivity index (χ2n) is 25.0. The van der Waals surface area contributed by atoms with Crippen LogP contribution in [0.2, 0.25) is 19.6 Å². The van der Waals surface area contributed by atoms with Gasteiger partial charge in [0.15, 0.2) is 8.32 Å². The van der Waals surface area contributed by atoms with Crippen LogP contribution in [-0.4, -0.2) is 48.8 Å². The van der Waals surface area contributed by atoms with E-state index in [1.165, 1.54) is 95.7 Å². The molecular weight excluding hydrogens is 1040 g/mol. The molecule has 0 aromatic heterocycles. The Morgan fingerprint density at radius 2 is 0.880 bits per heavy atom. The highest BCUT2D eigenvalue weighted by molar-refractivity contribution is 6.69. The lowest BCUT2D eigenvalue weighted by molar-refractivity contribution is -0.140. The Morgan fingerprint density at radius 3 is 1.24 bits per heavy atom. The molecule has 2 aliphatic rings. The van der Waals surface area contributed by atoms with Gasteiger partial charge in [-0.15, -0.1) is 0 Å². The predicted molar refractivity (Wildman–Crippen MR) is 347 cm³/mol. The summed E-state index contributed by atoms with van der Waals surface area (Å²) in [5, 5.41) is 20.1. The molecule has 0 amide bonds. The molecule has 7 heteroatoms. The molecule has 0 bridgehead atoms. The fraction of sp³-hybridized carbons (Fsp3) is 0.447. The van der Waals surface area contributed by atoms with Crippen LogP contribution in [0.3, 0.4) is 0 Å². The number of aryl methyl sites for hydroxylation is 4. The molecule has 0 saturated heterocycles. The highest BCUT2D eigenvalue weighted by Crippen LogP contribution is 2.43. The standard InChI is InChI=1S/C40H52O3Si.C36H42O3/c1-9-40(10-2,36-21-22-37(31(4)28-36)34-17-15-32(16-18-34)29-38(41)42-5)35-20-19-33(30(3)27-35)23-26-39(43-44(6,7)8)24-13-11-12-14-25-39;1-5-36(6-2,31-16-15-29(26(3)23-31)19-22-35(39)20-9-7-8-10-21-35)32-17-18-33(27(4)24-32)30-13-11-28(12-14-30)25-34(37)38/h15-22,27-28H,9-14,24-25,29H2,1-8H3;11-18,23-24,39H,5-10,20-21,25H2,1-4H3,(H,37,38). The van der Waals surface area contributed by atoms with Crippen LogP contribution in [-0.2, 0) is 42.4 Å². The quantitative estimate of drug-likeness (QED) is 0.0434. The number of aliphatic carboxylic acids is 1. The normalized spacial score (nSPS) is 15.2. The first-order valence-electron chi connectivity index (χ1n) is 31.0. The molecule has 83 heavy (non-hydrogen) atoms. The number of rotatable bonds is 16. The number of hydrogen-bond acceptors (Lipinski definition) is 5. The topological polar surface area (TPSA) is 93.1 Å². The van der Waals surface area contributed by atoms with Crippen molar-refractivity contribution < 1.29 is 29.0 Å². The van der Waals surface area contributed by atoms with E-state index in [0.29, 0.717) is 6.42 Å². The molecular formula is C76H94O6Si. The van der Waals surface area contributed by atoms with Gasteiger partial charge in [-0.25, -0.2) is 0 Å². The smallest absolute Gasteiger partial charge is 0.309 e. The molecule has 0 heterocycles. The van der Waals surface area contributed by atoms with Gasteiger partial charge in [0.25, 0.3) is 0 Å². The molecule has 6 aromatic carbocycles. The van der Waals surface area contributed by atoms with Gasteiger partial charge in [-0.3, -0.25) is 9.59 Å². The van der Waals surface area contributed by atoms with E-state index in [4.69, 9.17) is 14.3 Å². The number of ether oxygens (including phenoxy) is 1. The molecule has 2 aliphatic carbocycles. The van der Waals surface area contributed by atoms with Crippen LogP contribution >= 0.6 is 0 Å². The van der Waals surface area contributed by atoms with Gasteiger partial charge in [0.2, 0.25) is 0 Å². The minimum absolute atomic E-state index is 0.0401. The molecule has 0 radical (unpaired) electrons. The zero-order valence-corrected chi connectivity index (χ0v) is 53.3. The molecule has 0 spiro atoms. The van der Waals surface area contributed by atoms with E-state index in [1.54, 1.807) is 0 Å². The largest absolute Gasteiger partial charge is 0.481 e. The van der Waals surface area contributed by atoms with Crippen LogP contribution in [0.25, 0.3) is 22.3 Å². The Morgan fingerprint density at radius 1 is 0.506 bits per heavy atom. The Balaban J connectivity index is 0.000000240. The van der Waals surface area contributed by atoms with Crippen LogP contribution < -0.4 is 0 Å². The van der Waals surface area contributed by atoms with Gasteiger partial charge < -0.3 is 19.4 Å². The van der Waals surface area contributed by atoms with Gasteiger partial charge in [-0.1, -0.05) is 186 Å². The van der Waals surface area contributed by atoms with Gasteiger partial charge in [-0.2, -0.15) is 0 Å². The monoisotopic (exact) mass is 1130 g/mol. The first-order chi connectivity index (χ1) is 39.6. The Bertz CT molecular complexity index is 3290. The van der Waals surface area contributed by atoms with Crippen molar-refractivity contribution in [1.82, 2.24) is 0 Å². The van der Waals surface area contributed by atoms with Crippen molar-refractivity contribution in [2.75, 3.05) is 7.11 Å². The lowest BCUT2D eigenvalue weighted by atomic mass is 9.69. The van der Waals surface area contributed by atoms with E-state index >= 15 is 0 Å². The van der Waals surface area contributed by atoms with Gasteiger partial charge >= 0.3 is 11.9 Å². The van der Waals surface area contributed by atoms with E-state index in [9.17, 15) is 14.7 Å². The highest BCUT2D eigenvalue weighted by atomic mass is 28.4. The summed E-state index contributed by atoms with van der Waals surface area (Å²) in [6.45, 7) is 24.7. The predicted octanol–water partition coefficient (Wildman–Crippen LogP) is 18.2. The minimum Gasteiger partial charge on any atom is -0.481 e. The van der Waals surface area contributed by atoms with E-state index < -0.39 is 19.9 Å². The zero-order valence-electron chi connectivity index (χ0n) is 52.3. The third-order valence-electron chi connectivity index (χ3n) is 18.2.